The van der Waals surface area contributed by atoms with Crippen molar-refractivity contribution < 1.29 is 42.9 Å². The lowest BCUT2D eigenvalue weighted by atomic mass is 10.1. The fourth-order valence-corrected chi connectivity index (χ4v) is 8.18. The molecule has 0 rings (SSSR count). The number of esters is 2. The third kappa shape index (κ3) is 65.8. The van der Waals surface area contributed by atoms with Crippen LogP contribution in [0.5, 0.6) is 0 Å². The number of unbranched alkanes of at least 4 members (excludes halogenated alkanes) is 13. The van der Waals surface area contributed by atoms with Crippen molar-refractivity contribution in [1.82, 2.24) is 0 Å². The smallest absolute Gasteiger partial charge is 0.306 e. The largest absolute Gasteiger partial charge is 0.545 e. The van der Waals surface area contributed by atoms with Crippen molar-refractivity contribution in [3.63, 3.8) is 0 Å². The van der Waals surface area contributed by atoms with Gasteiger partial charge in [0.05, 0.1) is 40.3 Å². The van der Waals surface area contributed by atoms with Gasteiger partial charge in [-0.1, -0.05) is 254 Å². The fourth-order valence-electron chi connectivity index (χ4n) is 8.18. The predicted molar refractivity (Wildman–Crippen MR) is 361 cm³/mol. The van der Waals surface area contributed by atoms with Crippen molar-refractivity contribution in [2.24, 2.45) is 0 Å². The van der Waals surface area contributed by atoms with E-state index in [-0.39, 0.29) is 38.6 Å². The van der Waals surface area contributed by atoms with Gasteiger partial charge in [-0.2, -0.15) is 0 Å². The molecule has 0 aliphatic heterocycles. The van der Waals surface area contributed by atoms with Gasteiger partial charge >= 0.3 is 11.9 Å². The van der Waals surface area contributed by atoms with E-state index in [0.717, 1.165) is 154 Å². The molecular weight excluding hydrogens is 1050 g/mol. The Hall–Kier alpha value is -5.61. The second kappa shape index (κ2) is 64.4. The Morgan fingerprint density at radius 1 is 0.353 bits per heavy atom. The van der Waals surface area contributed by atoms with Gasteiger partial charge in [0, 0.05) is 12.8 Å². The van der Waals surface area contributed by atoms with E-state index >= 15 is 0 Å². The molecular formula is C76H119NO8. The molecule has 0 aliphatic rings. The Morgan fingerprint density at radius 2 is 0.635 bits per heavy atom. The summed E-state index contributed by atoms with van der Waals surface area (Å²) >= 11 is 0. The number of likely N-dealkylation sites (N-methyl/N-ethyl adjacent to an activating group) is 1. The van der Waals surface area contributed by atoms with E-state index in [0.29, 0.717) is 17.4 Å². The third-order valence-corrected chi connectivity index (χ3v) is 13.1. The lowest BCUT2D eigenvalue weighted by Crippen LogP contribution is -2.44. The molecule has 0 amide bonds. The maximum Gasteiger partial charge on any atom is 0.306 e. The van der Waals surface area contributed by atoms with Crippen molar-refractivity contribution in [2.75, 3.05) is 47.5 Å². The Morgan fingerprint density at radius 3 is 0.941 bits per heavy atom. The number of quaternary nitrogens is 1. The first-order chi connectivity index (χ1) is 41.6. The van der Waals surface area contributed by atoms with Gasteiger partial charge in [0.2, 0.25) is 0 Å². The van der Waals surface area contributed by atoms with Crippen LogP contribution in [0.3, 0.4) is 0 Å². The Balaban J connectivity index is 4.31. The number of carboxylic acid groups (broad SMARTS) is 1. The van der Waals surface area contributed by atoms with Crippen LogP contribution in [0.2, 0.25) is 0 Å². The molecule has 9 nitrogen and oxygen atoms in total. The van der Waals surface area contributed by atoms with E-state index in [1.807, 2.05) is 21.1 Å². The zero-order chi connectivity index (χ0) is 61.9. The molecule has 476 valence electrons. The minimum atomic E-state index is -1.64. The summed E-state index contributed by atoms with van der Waals surface area (Å²) in [6.45, 7) is 4.46. The van der Waals surface area contributed by atoms with Gasteiger partial charge in [0.25, 0.3) is 0 Å². The lowest BCUT2D eigenvalue weighted by Gasteiger charge is -2.26. The van der Waals surface area contributed by atoms with Gasteiger partial charge in [0.1, 0.15) is 13.2 Å². The van der Waals surface area contributed by atoms with E-state index in [1.54, 1.807) is 0 Å². The van der Waals surface area contributed by atoms with Crippen molar-refractivity contribution in [3.8, 4) is 0 Å². The quantitative estimate of drug-likeness (QED) is 0.0195. The molecule has 0 fully saturated rings. The van der Waals surface area contributed by atoms with Crippen LogP contribution in [0.25, 0.3) is 0 Å². The third-order valence-electron chi connectivity index (χ3n) is 13.1. The molecule has 2 atom stereocenters. The van der Waals surface area contributed by atoms with Crippen LogP contribution >= 0.6 is 0 Å². The first kappa shape index (κ1) is 79.4. The molecule has 0 bridgehead atoms. The summed E-state index contributed by atoms with van der Waals surface area (Å²) in [6, 6.07) is 0. The number of allylic oxidation sites excluding steroid dienone is 30. The summed E-state index contributed by atoms with van der Waals surface area (Å²) in [5.41, 5.74) is 0. The van der Waals surface area contributed by atoms with Crippen molar-refractivity contribution in [3.05, 3.63) is 182 Å². The van der Waals surface area contributed by atoms with E-state index in [1.165, 1.54) is 32.1 Å². The molecule has 0 aromatic rings. The van der Waals surface area contributed by atoms with Gasteiger partial charge in [-0.25, -0.2) is 0 Å². The highest BCUT2D eigenvalue weighted by Gasteiger charge is 2.22. The number of rotatable bonds is 58. The van der Waals surface area contributed by atoms with Crippen LogP contribution < -0.4 is 5.11 Å². The average Bonchev–Trinajstić information content (AvgIpc) is 3.48. The minimum absolute atomic E-state index is 0.130. The highest BCUT2D eigenvalue weighted by molar-refractivity contribution is 5.70. The van der Waals surface area contributed by atoms with Crippen molar-refractivity contribution in [1.29, 1.82) is 0 Å². The summed E-state index contributed by atoms with van der Waals surface area (Å²) in [7, 11) is 5.90. The Labute approximate surface area is 519 Å². The first-order valence-corrected chi connectivity index (χ1v) is 32.9. The minimum Gasteiger partial charge on any atom is -0.545 e. The topological polar surface area (TPSA) is 111 Å². The summed E-state index contributed by atoms with van der Waals surface area (Å²) in [4.78, 5) is 37.4. The van der Waals surface area contributed by atoms with Gasteiger partial charge in [0.15, 0.2) is 12.4 Å². The van der Waals surface area contributed by atoms with E-state index < -0.39 is 24.3 Å². The lowest BCUT2D eigenvalue weighted by molar-refractivity contribution is -0.870. The number of hydrogen-bond donors (Lipinski definition) is 0. The van der Waals surface area contributed by atoms with Crippen molar-refractivity contribution in [2.45, 2.75) is 232 Å². The summed E-state index contributed by atoms with van der Waals surface area (Å²) in [5.74, 6) is -2.35. The number of ether oxygens (including phenoxy) is 4. The molecule has 0 aromatic carbocycles. The highest BCUT2D eigenvalue weighted by Crippen LogP contribution is 2.14. The van der Waals surface area contributed by atoms with Crippen LogP contribution in [0, 0.1) is 0 Å². The Bertz CT molecular complexity index is 2050. The zero-order valence-electron chi connectivity index (χ0n) is 54.1. The molecule has 0 aromatic heterocycles. The standard InChI is InChI=1S/C76H119NO8/c1-6-8-10-12-14-16-18-20-22-24-26-28-30-32-33-34-35-36-37-38-39-40-41-43-45-47-49-51-53-55-57-59-61-63-65-67-74(79)85-72(71-84-76(75(80)81)82-69-68-77(3,4)5)70-83-73(78)66-64-62-60-58-56-54-52-50-48-46-44-42-31-29-27-25-23-21-19-17-15-13-11-9-7-2/h8-11,14-17,20-23,26-29,32-33,35-36,38-39,41-44,47,49,53,55,72,76H,6-7,12-13,18-19,24-25,30-31,34,37,40,45-46,48,50-52,54,56-71H2,1-5H3/b10-8-,11-9-,16-14-,17-15-,22-20-,23-21-,28-26-,29-27-,33-32-,36-35-,39-38-,43-41-,44-42-,49-47-,55-53-. The second-order valence-electron chi connectivity index (χ2n) is 22.3. The predicted octanol–water partition coefficient (Wildman–Crippen LogP) is 19.1. The molecule has 85 heavy (non-hydrogen) atoms. The fraction of sp³-hybridized carbons (Fsp3) is 0.566. The second-order valence-corrected chi connectivity index (χ2v) is 22.3. The maximum atomic E-state index is 12.9. The van der Waals surface area contributed by atoms with Crippen LogP contribution in [0.15, 0.2) is 182 Å². The van der Waals surface area contributed by atoms with Gasteiger partial charge < -0.3 is 33.3 Å². The molecule has 0 N–H and O–H groups in total. The number of nitrogens with zero attached hydrogens (tertiary/aromatic N) is 1. The van der Waals surface area contributed by atoms with Gasteiger partial charge in [-0.3, -0.25) is 9.59 Å². The van der Waals surface area contributed by atoms with E-state index in [4.69, 9.17) is 18.9 Å². The highest BCUT2D eigenvalue weighted by atomic mass is 16.7. The number of hydrogen-bond acceptors (Lipinski definition) is 8. The Kier molecular flexibility index (Phi) is 60.1. The number of carbonyl (C=O) groups excluding carboxylic acids is 3. The molecule has 9 heteroatoms. The van der Waals surface area contributed by atoms with E-state index in [2.05, 4.69) is 196 Å². The number of carboxylic acids is 1. The van der Waals surface area contributed by atoms with Crippen LogP contribution in [0.4, 0.5) is 0 Å². The average molecular weight is 1170 g/mol. The maximum absolute atomic E-state index is 12.9. The number of carbonyl (C=O) groups is 3. The molecule has 0 saturated carbocycles. The van der Waals surface area contributed by atoms with Crippen LogP contribution in [-0.4, -0.2) is 82.3 Å². The van der Waals surface area contributed by atoms with Gasteiger partial charge in [-0.15, -0.1) is 0 Å². The summed E-state index contributed by atoms with van der Waals surface area (Å²) in [5, 5.41) is 11.8. The molecule has 0 heterocycles. The molecule has 0 aliphatic carbocycles. The van der Waals surface area contributed by atoms with Crippen molar-refractivity contribution >= 4 is 17.9 Å². The number of aliphatic carboxylic acids is 1. The normalized spacial score (nSPS) is 13.9. The van der Waals surface area contributed by atoms with Crippen LogP contribution in [0.1, 0.15) is 219 Å². The molecule has 0 spiro atoms. The monoisotopic (exact) mass is 1170 g/mol. The van der Waals surface area contributed by atoms with Gasteiger partial charge in [-0.05, 0) is 135 Å². The zero-order valence-corrected chi connectivity index (χ0v) is 54.1. The summed E-state index contributed by atoms with van der Waals surface area (Å²) < 4.78 is 22.7. The molecule has 0 saturated heterocycles. The molecule has 2 unspecified atom stereocenters. The molecule has 0 radical (unpaired) electrons. The van der Waals surface area contributed by atoms with Crippen LogP contribution in [-0.2, 0) is 33.3 Å². The first-order valence-electron chi connectivity index (χ1n) is 32.9. The SMILES string of the molecule is CC/C=C\C/C=C\C/C=C\C/C=C\C/C=C\C/C=C\C/C=C\C/C=C\C/C=C\C/C=C\CCCCCCC(=O)OC(COC(=O)CCCCCCCCCCC/C=C\C/C=C\C/C=C\C/C=C\C/C=C\CC)COC(OCC[N+](C)(C)C)C(=O)[O-]. The summed E-state index contributed by atoms with van der Waals surface area (Å²) in [6.07, 6.45) is 95.2. The van der Waals surface area contributed by atoms with E-state index in [9.17, 15) is 19.5 Å².